The van der Waals surface area contributed by atoms with Crippen LogP contribution in [0.15, 0.2) is 0 Å². The highest BCUT2D eigenvalue weighted by Gasteiger charge is 2.71. The van der Waals surface area contributed by atoms with Gasteiger partial charge in [-0.1, -0.05) is 84.5 Å². The topological polar surface area (TPSA) is 17.1 Å². The van der Waals surface area contributed by atoms with Gasteiger partial charge in [-0.25, -0.2) is 4.39 Å². The average Bonchev–Trinajstić information content (AvgIpc) is 2.87. The average molecular weight is 461 g/mol. The van der Waals surface area contributed by atoms with Crippen LogP contribution >= 0.6 is 0 Å². The fourth-order valence-corrected chi connectivity index (χ4v) is 8.74. The quantitative estimate of drug-likeness (QED) is 0.296. The van der Waals surface area contributed by atoms with E-state index in [0.717, 1.165) is 75.0 Å². The zero-order chi connectivity index (χ0) is 23.3. The van der Waals surface area contributed by atoms with E-state index < -0.39 is 17.0 Å². The molecule has 4 aliphatic rings. The van der Waals surface area contributed by atoms with Crippen molar-refractivity contribution in [1.82, 2.24) is 0 Å². The number of hydrogen-bond donors (Lipinski definition) is 0. The summed E-state index contributed by atoms with van der Waals surface area (Å²) in [7, 11) is 0. The van der Waals surface area contributed by atoms with Gasteiger partial charge < -0.3 is 0 Å². The minimum Gasteiger partial charge on any atom is -0.298 e. The molecule has 1 atom stereocenters. The molecule has 1 nitrogen and oxygen atoms in total. The van der Waals surface area contributed by atoms with E-state index in [-0.39, 0.29) is 0 Å². The number of Topliss-reactive ketones (excluding diaryl/α,β-unsaturated/α-hetero) is 1. The van der Waals surface area contributed by atoms with Gasteiger partial charge in [0.2, 0.25) is 0 Å². The summed E-state index contributed by atoms with van der Waals surface area (Å²) < 4.78 is 15.9. The molecular formula is C31H53FO. The van der Waals surface area contributed by atoms with Gasteiger partial charge in [-0.05, 0) is 87.9 Å². The van der Waals surface area contributed by atoms with Crippen LogP contribution in [0.1, 0.15) is 149 Å². The van der Waals surface area contributed by atoms with Gasteiger partial charge in [0.1, 0.15) is 6.17 Å². The Kier molecular flexibility index (Phi) is 9.00. The highest BCUT2D eigenvalue weighted by atomic mass is 19.1. The Morgan fingerprint density at radius 2 is 1.09 bits per heavy atom. The van der Waals surface area contributed by atoms with E-state index in [0.29, 0.717) is 5.78 Å². The lowest BCUT2D eigenvalue weighted by molar-refractivity contribution is -0.194. The summed E-state index contributed by atoms with van der Waals surface area (Å²) in [5.74, 6) is 3.70. The molecule has 0 amide bonds. The molecule has 0 aromatic rings. The number of rotatable bonds is 10. The molecule has 0 aromatic carbocycles. The predicted octanol–water partition coefficient (Wildman–Crippen LogP) is 9.62. The Balaban J connectivity index is 1.20. The zero-order valence-corrected chi connectivity index (χ0v) is 22.0. The molecular weight excluding hydrogens is 407 g/mol. The van der Waals surface area contributed by atoms with E-state index in [1.54, 1.807) is 0 Å². The highest BCUT2D eigenvalue weighted by Crippen LogP contribution is 2.66. The molecule has 4 aliphatic carbocycles. The summed E-state index contributed by atoms with van der Waals surface area (Å²) in [6.45, 7) is 4.55. The second-order valence-electron chi connectivity index (χ2n) is 12.9. The number of halogens is 1. The minimum absolute atomic E-state index is 0.365. The van der Waals surface area contributed by atoms with Crippen molar-refractivity contribution in [2.75, 3.05) is 0 Å². The maximum Gasteiger partial charge on any atom is 0.151 e. The maximum absolute atomic E-state index is 15.9. The number of hydrogen-bond acceptors (Lipinski definition) is 1. The number of unbranched alkanes of at least 4 members (excludes halogenated alkanes) is 5. The molecule has 4 rings (SSSR count). The van der Waals surface area contributed by atoms with E-state index in [4.69, 9.17) is 0 Å². The van der Waals surface area contributed by atoms with Gasteiger partial charge in [-0.2, -0.15) is 0 Å². The normalized spacial score (nSPS) is 41.4. The smallest absolute Gasteiger partial charge is 0.151 e. The molecule has 0 aromatic heterocycles. The van der Waals surface area contributed by atoms with Gasteiger partial charge >= 0.3 is 0 Å². The molecule has 0 N–H and O–H groups in total. The molecule has 0 heterocycles. The zero-order valence-electron chi connectivity index (χ0n) is 22.0. The van der Waals surface area contributed by atoms with Gasteiger partial charge in [0.15, 0.2) is 5.78 Å². The maximum atomic E-state index is 15.9. The van der Waals surface area contributed by atoms with Crippen LogP contribution in [0.3, 0.4) is 0 Å². The summed E-state index contributed by atoms with van der Waals surface area (Å²) in [6.07, 6.45) is 24.8. The standard InChI is InChI=1S/C31H53FO/c1-3-5-7-9-11-24-12-14-26(15-13-24)27-18-22-31(23-19-27)28(32)30(29(31)33)20-16-25(17-21-30)10-8-6-4-2/h24-28H,3-23H2,1-2H3/t24?,25?,26?,27?,28-,30-,31-/m1/s1. The number of carbonyl (C=O) groups is 1. The molecule has 4 saturated carbocycles. The molecule has 190 valence electrons. The van der Waals surface area contributed by atoms with Crippen LogP contribution in [0.2, 0.25) is 0 Å². The van der Waals surface area contributed by atoms with Gasteiger partial charge in [-0.3, -0.25) is 4.79 Å². The van der Waals surface area contributed by atoms with Crippen molar-refractivity contribution in [2.24, 2.45) is 34.5 Å². The first-order valence-electron chi connectivity index (χ1n) is 15.2. The fourth-order valence-electron chi connectivity index (χ4n) is 8.74. The predicted molar refractivity (Wildman–Crippen MR) is 137 cm³/mol. The SMILES string of the molecule is CCCCCCC1CCC(C2CC[C@]3(CC2)C(=O)[C@@]2(CCC(CCCCC)CC2)[C@H]3F)CC1. The van der Waals surface area contributed by atoms with Gasteiger partial charge in [-0.15, -0.1) is 0 Å². The molecule has 33 heavy (non-hydrogen) atoms. The van der Waals surface area contributed by atoms with Crippen LogP contribution in [0, 0.1) is 34.5 Å². The van der Waals surface area contributed by atoms with Gasteiger partial charge in [0.05, 0.1) is 10.8 Å². The van der Waals surface area contributed by atoms with Crippen LogP contribution in [0.4, 0.5) is 4.39 Å². The number of carbonyl (C=O) groups excluding carboxylic acids is 1. The third-order valence-electron chi connectivity index (χ3n) is 11.0. The fraction of sp³-hybridized carbons (Fsp3) is 0.968. The van der Waals surface area contributed by atoms with Crippen molar-refractivity contribution >= 4 is 5.78 Å². The van der Waals surface area contributed by atoms with Crippen LogP contribution in [-0.2, 0) is 4.79 Å². The van der Waals surface area contributed by atoms with E-state index in [2.05, 4.69) is 13.8 Å². The molecule has 4 fully saturated rings. The molecule has 0 saturated heterocycles. The van der Waals surface area contributed by atoms with Gasteiger partial charge in [0, 0.05) is 0 Å². The van der Waals surface area contributed by atoms with Crippen LogP contribution in [0.5, 0.6) is 0 Å². The van der Waals surface area contributed by atoms with E-state index in [1.165, 1.54) is 83.5 Å². The first-order valence-corrected chi connectivity index (χ1v) is 15.2. The Morgan fingerprint density at radius 3 is 1.64 bits per heavy atom. The van der Waals surface area contributed by atoms with Crippen molar-refractivity contribution < 1.29 is 9.18 Å². The van der Waals surface area contributed by atoms with E-state index in [9.17, 15) is 4.79 Å². The van der Waals surface area contributed by atoms with Crippen molar-refractivity contribution in [3.05, 3.63) is 0 Å². The Bertz CT molecular complexity index is 602. The second kappa shape index (κ2) is 11.6. The summed E-state index contributed by atoms with van der Waals surface area (Å²) in [6, 6.07) is 0. The van der Waals surface area contributed by atoms with Crippen molar-refractivity contribution in [3.63, 3.8) is 0 Å². The lowest BCUT2D eigenvalue weighted by atomic mass is 9.41. The second-order valence-corrected chi connectivity index (χ2v) is 12.9. The molecule has 2 heteroatoms. The van der Waals surface area contributed by atoms with Crippen LogP contribution in [-0.4, -0.2) is 12.0 Å². The van der Waals surface area contributed by atoms with Crippen LogP contribution < -0.4 is 0 Å². The number of ketones is 1. The van der Waals surface area contributed by atoms with Crippen molar-refractivity contribution in [3.8, 4) is 0 Å². The Labute approximate surface area is 204 Å². The third-order valence-corrected chi connectivity index (χ3v) is 11.0. The summed E-state index contributed by atoms with van der Waals surface area (Å²) in [5, 5.41) is 0. The summed E-state index contributed by atoms with van der Waals surface area (Å²) in [4.78, 5) is 13.5. The van der Waals surface area contributed by atoms with Crippen molar-refractivity contribution in [2.45, 2.75) is 155 Å². The summed E-state index contributed by atoms with van der Waals surface area (Å²) in [5.41, 5.74) is -1.13. The highest BCUT2D eigenvalue weighted by molar-refractivity contribution is 5.98. The number of alkyl halides is 1. The lowest BCUT2D eigenvalue weighted by Crippen LogP contribution is -2.69. The van der Waals surface area contributed by atoms with Gasteiger partial charge in [0.25, 0.3) is 0 Å². The monoisotopic (exact) mass is 460 g/mol. The molecule has 0 bridgehead atoms. The molecule has 0 unspecified atom stereocenters. The third kappa shape index (κ3) is 5.25. The first-order chi connectivity index (χ1) is 16.1. The molecule has 0 aliphatic heterocycles. The largest absolute Gasteiger partial charge is 0.298 e. The lowest BCUT2D eigenvalue weighted by Gasteiger charge is -2.61. The first kappa shape index (κ1) is 25.7. The van der Waals surface area contributed by atoms with E-state index >= 15 is 4.39 Å². The van der Waals surface area contributed by atoms with Crippen molar-refractivity contribution in [1.29, 1.82) is 0 Å². The van der Waals surface area contributed by atoms with Crippen LogP contribution in [0.25, 0.3) is 0 Å². The molecule has 2 spiro atoms. The minimum atomic E-state index is -0.839. The molecule has 0 radical (unpaired) electrons. The summed E-state index contributed by atoms with van der Waals surface area (Å²) >= 11 is 0. The van der Waals surface area contributed by atoms with E-state index in [1.807, 2.05) is 0 Å². The Morgan fingerprint density at radius 1 is 0.636 bits per heavy atom. The Hall–Kier alpha value is -0.400.